The molecule has 0 bridgehead atoms. The topological polar surface area (TPSA) is 41.1 Å². The van der Waals surface area contributed by atoms with E-state index in [0.717, 1.165) is 30.6 Å². The van der Waals surface area contributed by atoms with Gasteiger partial charge in [0, 0.05) is 17.8 Å². The minimum atomic E-state index is -0.438. The molecular formula is C16H14ClFN2O. The molecule has 3 rings (SSSR count). The summed E-state index contributed by atoms with van der Waals surface area (Å²) >= 11 is 5.98. The van der Waals surface area contributed by atoms with Crippen molar-refractivity contribution < 1.29 is 9.18 Å². The molecule has 108 valence electrons. The number of benzene rings is 2. The Labute approximate surface area is 127 Å². The van der Waals surface area contributed by atoms with Crippen LogP contribution in [0.3, 0.4) is 0 Å². The summed E-state index contributed by atoms with van der Waals surface area (Å²) in [6, 6.07) is 9.46. The van der Waals surface area contributed by atoms with Crippen molar-refractivity contribution >= 4 is 28.9 Å². The third kappa shape index (κ3) is 2.85. The second-order valence-electron chi connectivity index (χ2n) is 4.94. The number of anilines is 2. The van der Waals surface area contributed by atoms with Crippen molar-refractivity contribution in [2.24, 2.45) is 0 Å². The van der Waals surface area contributed by atoms with Crippen LogP contribution in [0.15, 0.2) is 36.4 Å². The minimum absolute atomic E-state index is 0.275. The maximum atomic E-state index is 13.3. The Morgan fingerprint density at radius 2 is 2.14 bits per heavy atom. The quantitative estimate of drug-likeness (QED) is 0.877. The lowest BCUT2D eigenvalue weighted by Gasteiger charge is -2.20. The molecule has 0 saturated heterocycles. The van der Waals surface area contributed by atoms with E-state index in [1.54, 1.807) is 6.07 Å². The predicted molar refractivity (Wildman–Crippen MR) is 82.6 cm³/mol. The van der Waals surface area contributed by atoms with Crippen molar-refractivity contribution in [3.63, 3.8) is 0 Å². The molecule has 21 heavy (non-hydrogen) atoms. The van der Waals surface area contributed by atoms with E-state index in [9.17, 15) is 9.18 Å². The summed E-state index contributed by atoms with van der Waals surface area (Å²) < 4.78 is 13.3. The number of rotatable bonds is 2. The molecule has 2 N–H and O–H groups in total. The summed E-state index contributed by atoms with van der Waals surface area (Å²) in [6.07, 6.45) is 1.83. The fourth-order valence-corrected chi connectivity index (χ4v) is 2.67. The second-order valence-corrected chi connectivity index (χ2v) is 5.35. The average molecular weight is 305 g/mol. The van der Waals surface area contributed by atoms with Crippen LogP contribution >= 0.6 is 11.6 Å². The van der Waals surface area contributed by atoms with Gasteiger partial charge in [0.25, 0.3) is 5.91 Å². The second kappa shape index (κ2) is 5.74. The lowest BCUT2D eigenvalue weighted by molar-refractivity contribution is 0.102. The summed E-state index contributed by atoms with van der Waals surface area (Å²) in [7, 11) is 0. The molecule has 0 atom stereocenters. The van der Waals surface area contributed by atoms with E-state index in [0.29, 0.717) is 10.6 Å². The number of hydrogen-bond donors (Lipinski definition) is 2. The minimum Gasteiger partial charge on any atom is -0.385 e. The largest absolute Gasteiger partial charge is 0.385 e. The van der Waals surface area contributed by atoms with Gasteiger partial charge in [0.1, 0.15) is 5.82 Å². The Balaban J connectivity index is 1.91. The van der Waals surface area contributed by atoms with Gasteiger partial charge in [-0.25, -0.2) is 4.39 Å². The highest BCUT2D eigenvalue weighted by atomic mass is 35.5. The van der Waals surface area contributed by atoms with E-state index in [4.69, 9.17) is 11.6 Å². The van der Waals surface area contributed by atoms with Gasteiger partial charge in [0.05, 0.1) is 10.7 Å². The molecule has 2 aromatic carbocycles. The van der Waals surface area contributed by atoms with Gasteiger partial charge in [0.15, 0.2) is 0 Å². The molecule has 0 radical (unpaired) electrons. The van der Waals surface area contributed by atoms with Crippen molar-refractivity contribution in [3.05, 3.63) is 58.4 Å². The highest BCUT2D eigenvalue weighted by Crippen LogP contribution is 2.27. The zero-order valence-corrected chi connectivity index (χ0v) is 12.0. The summed E-state index contributed by atoms with van der Waals surface area (Å²) in [5, 5.41) is 6.27. The van der Waals surface area contributed by atoms with Crippen LogP contribution in [-0.2, 0) is 6.42 Å². The van der Waals surface area contributed by atoms with Gasteiger partial charge in [0.2, 0.25) is 0 Å². The number of carbonyl (C=O) groups is 1. The van der Waals surface area contributed by atoms with Gasteiger partial charge < -0.3 is 10.6 Å². The third-order valence-corrected chi connectivity index (χ3v) is 3.85. The van der Waals surface area contributed by atoms with Crippen LogP contribution in [0, 0.1) is 5.82 Å². The number of amides is 1. The van der Waals surface area contributed by atoms with Crippen LogP contribution in [-0.4, -0.2) is 12.5 Å². The molecule has 0 aromatic heterocycles. The maximum Gasteiger partial charge on any atom is 0.256 e. The zero-order chi connectivity index (χ0) is 14.8. The lowest BCUT2D eigenvalue weighted by atomic mass is 9.97. The van der Waals surface area contributed by atoms with Crippen LogP contribution in [0.5, 0.6) is 0 Å². The smallest absolute Gasteiger partial charge is 0.256 e. The molecule has 1 aliphatic heterocycles. The molecule has 5 heteroatoms. The molecule has 2 aromatic rings. The highest BCUT2D eigenvalue weighted by molar-refractivity contribution is 6.33. The van der Waals surface area contributed by atoms with Crippen LogP contribution in [0.1, 0.15) is 22.3 Å². The van der Waals surface area contributed by atoms with Gasteiger partial charge in [-0.15, -0.1) is 0 Å². The summed E-state index contributed by atoms with van der Waals surface area (Å²) in [6.45, 7) is 0.911. The Morgan fingerprint density at radius 1 is 1.29 bits per heavy atom. The first-order valence-corrected chi connectivity index (χ1v) is 7.15. The molecule has 1 amide bonds. The molecule has 1 aliphatic rings. The Bertz CT molecular complexity index is 703. The number of nitrogens with one attached hydrogen (secondary N) is 2. The molecule has 0 fully saturated rings. The van der Waals surface area contributed by atoms with E-state index < -0.39 is 5.82 Å². The molecule has 0 saturated carbocycles. The third-order valence-electron chi connectivity index (χ3n) is 3.52. The first kappa shape index (κ1) is 13.9. The maximum absolute atomic E-state index is 13.3. The van der Waals surface area contributed by atoms with Crippen LogP contribution in [0.2, 0.25) is 5.02 Å². The highest BCUT2D eigenvalue weighted by Gasteiger charge is 2.18. The number of fused-ring (bicyclic) bond motifs is 1. The van der Waals surface area contributed by atoms with Crippen LogP contribution in [0.4, 0.5) is 15.8 Å². The van der Waals surface area contributed by atoms with Gasteiger partial charge in [-0.05, 0) is 48.7 Å². The molecule has 3 nitrogen and oxygen atoms in total. The van der Waals surface area contributed by atoms with Crippen molar-refractivity contribution in [1.29, 1.82) is 0 Å². The first-order valence-electron chi connectivity index (χ1n) is 6.77. The van der Waals surface area contributed by atoms with Gasteiger partial charge in [-0.3, -0.25) is 4.79 Å². The van der Waals surface area contributed by atoms with Crippen molar-refractivity contribution in [1.82, 2.24) is 0 Å². The lowest BCUT2D eigenvalue weighted by Crippen LogP contribution is -2.19. The van der Waals surface area contributed by atoms with E-state index in [-0.39, 0.29) is 11.6 Å². The number of halogens is 2. The Morgan fingerprint density at radius 3 is 3.00 bits per heavy atom. The molecule has 0 aliphatic carbocycles. The zero-order valence-electron chi connectivity index (χ0n) is 11.2. The average Bonchev–Trinajstić information content (AvgIpc) is 2.50. The van der Waals surface area contributed by atoms with Crippen molar-refractivity contribution in [2.45, 2.75) is 12.8 Å². The first-order chi connectivity index (χ1) is 10.1. The standard InChI is InChI=1S/C16H14ClFN2O/c17-13-7-6-10(18)9-15(13)20-16(21)12-3-1-5-14-11(12)4-2-8-19-14/h1,3,5-7,9,19H,2,4,8H2,(H,20,21). The predicted octanol–water partition coefficient (Wildman–Crippen LogP) is 4.09. The monoisotopic (exact) mass is 304 g/mol. The van der Waals surface area contributed by atoms with Crippen LogP contribution < -0.4 is 10.6 Å². The Hall–Kier alpha value is -2.07. The van der Waals surface area contributed by atoms with Crippen molar-refractivity contribution in [2.75, 3.05) is 17.2 Å². The van der Waals surface area contributed by atoms with E-state index in [1.165, 1.54) is 18.2 Å². The van der Waals surface area contributed by atoms with E-state index >= 15 is 0 Å². The fraction of sp³-hybridized carbons (Fsp3) is 0.188. The van der Waals surface area contributed by atoms with E-state index in [2.05, 4.69) is 10.6 Å². The number of carbonyl (C=O) groups excluding carboxylic acids is 1. The fourth-order valence-electron chi connectivity index (χ4n) is 2.51. The van der Waals surface area contributed by atoms with Gasteiger partial charge in [-0.2, -0.15) is 0 Å². The van der Waals surface area contributed by atoms with E-state index in [1.807, 2.05) is 12.1 Å². The summed E-state index contributed by atoms with van der Waals surface area (Å²) in [5.41, 5.74) is 2.86. The normalized spacial score (nSPS) is 13.2. The molecule has 0 unspecified atom stereocenters. The van der Waals surface area contributed by atoms with Crippen LogP contribution in [0.25, 0.3) is 0 Å². The van der Waals surface area contributed by atoms with Gasteiger partial charge >= 0.3 is 0 Å². The Kier molecular flexibility index (Phi) is 3.80. The SMILES string of the molecule is O=C(Nc1cc(F)ccc1Cl)c1cccc2c1CCCN2. The number of hydrogen-bond acceptors (Lipinski definition) is 2. The summed E-state index contributed by atoms with van der Waals surface area (Å²) in [4.78, 5) is 12.4. The van der Waals surface area contributed by atoms with Crippen molar-refractivity contribution in [3.8, 4) is 0 Å². The van der Waals surface area contributed by atoms with Gasteiger partial charge in [-0.1, -0.05) is 17.7 Å². The summed E-state index contributed by atoms with van der Waals surface area (Å²) in [5.74, 6) is -0.713. The molecule has 0 spiro atoms. The molecule has 1 heterocycles. The molecular weight excluding hydrogens is 291 g/mol.